The van der Waals surface area contributed by atoms with Crippen LogP contribution in [0.3, 0.4) is 0 Å². The highest BCUT2D eigenvalue weighted by Gasteiger charge is 2.28. The molecule has 2 N–H and O–H groups in total. The summed E-state index contributed by atoms with van der Waals surface area (Å²) in [5, 5.41) is 19.9. The predicted molar refractivity (Wildman–Crippen MR) is 87.5 cm³/mol. The van der Waals surface area contributed by atoms with Crippen molar-refractivity contribution in [2.75, 3.05) is 0 Å². The lowest BCUT2D eigenvalue weighted by Gasteiger charge is -2.27. The molecule has 0 spiro atoms. The number of carboxylic acid groups (broad SMARTS) is 1. The van der Waals surface area contributed by atoms with Crippen molar-refractivity contribution in [2.24, 2.45) is 11.8 Å². The third-order valence-electron chi connectivity index (χ3n) is 4.86. The Morgan fingerprint density at radius 2 is 1.82 bits per heavy atom. The van der Waals surface area contributed by atoms with E-state index in [1.165, 1.54) is 32.1 Å². The van der Waals surface area contributed by atoms with E-state index in [1.54, 1.807) is 0 Å². The van der Waals surface area contributed by atoms with Gasteiger partial charge in [0.1, 0.15) is 0 Å². The average Bonchev–Trinajstić information content (AvgIpc) is 2.56. The highest BCUT2D eigenvalue weighted by Crippen LogP contribution is 2.35. The third kappa shape index (κ3) is 4.44. The summed E-state index contributed by atoms with van der Waals surface area (Å²) in [6.45, 7) is 3.71. The summed E-state index contributed by atoms with van der Waals surface area (Å²) in [6, 6.07) is 9.29. The first-order valence-electron chi connectivity index (χ1n) is 8.24. The van der Waals surface area contributed by atoms with Crippen molar-refractivity contribution in [1.29, 1.82) is 0 Å². The lowest BCUT2D eigenvalue weighted by molar-refractivity contribution is -0.133. The first kappa shape index (κ1) is 16.8. The summed E-state index contributed by atoms with van der Waals surface area (Å²) >= 11 is 0. The topological polar surface area (TPSA) is 57.5 Å². The number of aliphatic hydroxyl groups excluding tert-OH is 1. The molecule has 1 fully saturated rings. The number of carboxylic acids is 1. The fraction of sp³-hybridized carbons (Fsp3) is 0.526. The number of aliphatic carboxylic acids is 1. The van der Waals surface area contributed by atoms with E-state index in [2.05, 4.69) is 6.58 Å². The van der Waals surface area contributed by atoms with E-state index < -0.39 is 18.0 Å². The summed E-state index contributed by atoms with van der Waals surface area (Å²) < 4.78 is 0. The van der Waals surface area contributed by atoms with Crippen molar-refractivity contribution in [1.82, 2.24) is 0 Å². The molecule has 1 aliphatic carbocycles. The number of aliphatic hydroxyl groups is 1. The number of hydrogen-bond acceptors (Lipinski definition) is 2. The van der Waals surface area contributed by atoms with Crippen molar-refractivity contribution < 1.29 is 15.0 Å². The summed E-state index contributed by atoms with van der Waals surface area (Å²) in [5.41, 5.74) is 0.880. The number of hydrogen-bond donors (Lipinski definition) is 2. The van der Waals surface area contributed by atoms with E-state index >= 15 is 0 Å². The summed E-state index contributed by atoms with van der Waals surface area (Å²) in [4.78, 5) is 11.3. The lowest BCUT2D eigenvalue weighted by atomic mass is 9.80. The molecule has 3 nitrogen and oxygen atoms in total. The Labute approximate surface area is 132 Å². The molecule has 2 atom stereocenters. The number of carbonyl (C=O) groups is 1. The van der Waals surface area contributed by atoms with E-state index in [0.717, 1.165) is 12.0 Å². The van der Waals surface area contributed by atoms with Gasteiger partial charge in [-0.25, -0.2) is 4.79 Å². The zero-order chi connectivity index (χ0) is 15.9. The highest BCUT2D eigenvalue weighted by molar-refractivity contribution is 5.86. The molecule has 0 aliphatic heterocycles. The minimum atomic E-state index is -1.01. The summed E-state index contributed by atoms with van der Waals surface area (Å²) in [5.74, 6) is -0.758. The molecule has 0 unspecified atom stereocenters. The van der Waals surface area contributed by atoms with Crippen LogP contribution in [0.1, 0.15) is 56.6 Å². The van der Waals surface area contributed by atoms with Crippen LogP contribution in [0.15, 0.2) is 42.5 Å². The monoisotopic (exact) mass is 302 g/mol. The van der Waals surface area contributed by atoms with Gasteiger partial charge in [0.2, 0.25) is 0 Å². The van der Waals surface area contributed by atoms with E-state index in [4.69, 9.17) is 0 Å². The van der Waals surface area contributed by atoms with Gasteiger partial charge >= 0.3 is 5.97 Å². The van der Waals surface area contributed by atoms with Gasteiger partial charge in [0.05, 0.1) is 6.10 Å². The van der Waals surface area contributed by atoms with Gasteiger partial charge in [0, 0.05) is 11.5 Å². The molecule has 0 heterocycles. The van der Waals surface area contributed by atoms with E-state index in [1.807, 2.05) is 30.3 Å². The Bertz CT molecular complexity index is 489. The Balaban J connectivity index is 2.05. The van der Waals surface area contributed by atoms with E-state index in [0.29, 0.717) is 12.3 Å². The van der Waals surface area contributed by atoms with Crippen molar-refractivity contribution in [3.63, 3.8) is 0 Å². The van der Waals surface area contributed by atoms with Crippen LogP contribution in [-0.2, 0) is 4.79 Å². The highest BCUT2D eigenvalue weighted by atomic mass is 16.4. The Morgan fingerprint density at radius 3 is 2.41 bits per heavy atom. The quantitative estimate of drug-likeness (QED) is 0.737. The molecule has 1 aromatic rings. The zero-order valence-electron chi connectivity index (χ0n) is 13.1. The zero-order valence-corrected chi connectivity index (χ0v) is 13.1. The van der Waals surface area contributed by atoms with Crippen molar-refractivity contribution in [3.05, 3.63) is 48.0 Å². The van der Waals surface area contributed by atoms with Crippen LogP contribution in [0.25, 0.3) is 0 Å². The molecule has 1 saturated carbocycles. The molecular weight excluding hydrogens is 276 g/mol. The van der Waals surface area contributed by atoms with Crippen LogP contribution < -0.4 is 0 Å². The summed E-state index contributed by atoms with van der Waals surface area (Å²) in [7, 11) is 0. The van der Waals surface area contributed by atoms with Crippen LogP contribution in [0.4, 0.5) is 0 Å². The molecule has 3 heteroatoms. The fourth-order valence-electron chi connectivity index (χ4n) is 3.45. The molecule has 0 aromatic heterocycles. The third-order valence-corrected chi connectivity index (χ3v) is 4.86. The van der Waals surface area contributed by atoms with Crippen molar-refractivity contribution >= 4 is 5.97 Å². The molecular formula is C19H26O3. The lowest BCUT2D eigenvalue weighted by Crippen LogP contribution is -2.21. The Morgan fingerprint density at radius 1 is 1.18 bits per heavy atom. The van der Waals surface area contributed by atoms with Gasteiger partial charge < -0.3 is 10.2 Å². The standard InChI is InChI=1S/C19H26O3/c1-14(19(21)22)17(13-12-15-8-4-2-5-9-15)18(20)16-10-6-3-7-11-16/h3,6-7,10-11,15,17-18,20H,1-2,4-5,8-9,12-13H2,(H,21,22)/t17-,18-/m1/s1. The number of rotatable bonds is 7. The second kappa shape index (κ2) is 8.14. The predicted octanol–water partition coefficient (Wildman–Crippen LogP) is 4.34. The van der Waals surface area contributed by atoms with E-state index in [-0.39, 0.29) is 5.57 Å². The molecule has 0 amide bonds. The Hall–Kier alpha value is -1.61. The molecule has 0 saturated heterocycles. The first-order valence-corrected chi connectivity index (χ1v) is 8.24. The minimum Gasteiger partial charge on any atom is -0.478 e. The van der Waals surface area contributed by atoms with Gasteiger partial charge in [-0.15, -0.1) is 0 Å². The van der Waals surface area contributed by atoms with Crippen LogP contribution in [0, 0.1) is 11.8 Å². The Kier molecular flexibility index (Phi) is 6.20. The maximum atomic E-state index is 11.3. The SMILES string of the molecule is C=C(C(=O)O)[C@@H](CCC1CCCCC1)[C@H](O)c1ccccc1. The number of benzene rings is 1. The molecule has 0 bridgehead atoms. The second-order valence-electron chi connectivity index (χ2n) is 6.37. The second-order valence-corrected chi connectivity index (χ2v) is 6.37. The smallest absolute Gasteiger partial charge is 0.331 e. The molecule has 120 valence electrons. The first-order chi connectivity index (χ1) is 10.6. The maximum absolute atomic E-state index is 11.3. The van der Waals surface area contributed by atoms with Crippen LogP contribution in [-0.4, -0.2) is 16.2 Å². The van der Waals surface area contributed by atoms with Gasteiger partial charge in [-0.05, 0) is 24.3 Å². The fourth-order valence-corrected chi connectivity index (χ4v) is 3.45. The molecule has 22 heavy (non-hydrogen) atoms. The molecule has 2 rings (SSSR count). The van der Waals surface area contributed by atoms with Crippen molar-refractivity contribution in [3.8, 4) is 0 Å². The maximum Gasteiger partial charge on any atom is 0.331 e. The minimum absolute atomic E-state index is 0.118. The molecule has 1 aromatic carbocycles. The van der Waals surface area contributed by atoms with Crippen LogP contribution >= 0.6 is 0 Å². The van der Waals surface area contributed by atoms with Gasteiger partial charge in [0.25, 0.3) is 0 Å². The van der Waals surface area contributed by atoms with Crippen LogP contribution in [0.2, 0.25) is 0 Å². The normalized spacial score (nSPS) is 18.6. The van der Waals surface area contributed by atoms with Crippen molar-refractivity contribution in [2.45, 2.75) is 51.0 Å². The average molecular weight is 302 g/mol. The van der Waals surface area contributed by atoms with Gasteiger partial charge in [0.15, 0.2) is 0 Å². The largest absolute Gasteiger partial charge is 0.478 e. The summed E-state index contributed by atoms with van der Waals surface area (Å²) in [6.07, 6.45) is 7.18. The van der Waals surface area contributed by atoms with Gasteiger partial charge in [-0.2, -0.15) is 0 Å². The molecule has 1 aliphatic rings. The van der Waals surface area contributed by atoms with Gasteiger partial charge in [-0.3, -0.25) is 0 Å². The van der Waals surface area contributed by atoms with E-state index in [9.17, 15) is 15.0 Å². The van der Waals surface area contributed by atoms with Crippen LogP contribution in [0.5, 0.6) is 0 Å². The molecule has 0 radical (unpaired) electrons. The van der Waals surface area contributed by atoms with Gasteiger partial charge in [-0.1, -0.05) is 69.0 Å².